The molecule has 1 N–H and O–H groups in total. The molecule has 0 fully saturated rings. The summed E-state index contributed by atoms with van der Waals surface area (Å²) >= 11 is 0. The van der Waals surface area contributed by atoms with Crippen LogP contribution in [0.5, 0.6) is 0 Å². The number of aliphatic imine (C=N–C) groups is 1. The predicted octanol–water partition coefficient (Wildman–Crippen LogP) is 1.48. The lowest BCUT2D eigenvalue weighted by Gasteiger charge is -1.92. The lowest BCUT2D eigenvalue weighted by molar-refractivity contribution is 0.244. The number of nitrogens with zero attached hydrogens (tertiary/aromatic N) is 1. The fraction of sp³-hybridized carbons (Fsp3) is 0.714. The van der Waals surface area contributed by atoms with Crippen LogP contribution in [-0.4, -0.2) is 25.8 Å². The summed E-state index contributed by atoms with van der Waals surface area (Å²) in [5.41, 5.74) is 0. The average molecular weight is 142 g/mol. The lowest BCUT2D eigenvalue weighted by Crippen LogP contribution is -2.01. The third kappa shape index (κ3) is 5.44. The van der Waals surface area contributed by atoms with E-state index in [0.29, 0.717) is 6.61 Å². The van der Waals surface area contributed by atoms with Gasteiger partial charge in [0, 0.05) is 13.3 Å². The van der Waals surface area contributed by atoms with Crippen molar-refractivity contribution in [2.45, 2.75) is 19.8 Å². The van der Waals surface area contributed by atoms with E-state index < -0.39 is 0 Å². The highest BCUT2D eigenvalue weighted by Gasteiger charge is 1.87. The smallest absolute Gasteiger partial charge is 0.146 e. The monoisotopic (exact) mass is 142 g/mol. The standard InChI is InChI=1S/C7H14N2O/c1-3-4-5-9-7(8)6-10-2/h5,8H,3-4,6H2,1-2H3/b8-7?,9-5-. The van der Waals surface area contributed by atoms with Crippen molar-refractivity contribution >= 4 is 12.1 Å². The molecule has 0 radical (unpaired) electrons. The second kappa shape index (κ2) is 6.42. The molecule has 0 aromatic heterocycles. The van der Waals surface area contributed by atoms with Gasteiger partial charge in [0.1, 0.15) is 12.4 Å². The number of amidine groups is 1. The Balaban J connectivity index is 3.36. The molecule has 0 aromatic rings. The van der Waals surface area contributed by atoms with E-state index in [2.05, 4.69) is 11.9 Å². The fourth-order valence-corrected chi connectivity index (χ4v) is 0.478. The summed E-state index contributed by atoms with van der Waals surface area (Å²) < 4.78 is 4.70. The second-order valence-electron chi connectivity index (χ2n) is 1.98. The minimum absolute atomic E-state index is 0.288. The Morgan fingerprint density at radius 2 is 2.40 bits per heavy atom. The molecule has 0 atom stereocenters. The van der Waals surface area contributed by atoms with Crippen LogP contribution in [0.4, 0.5) is 0 Å². The van der Waals surface area contributed by atoms with E-state index in [1.165, 1.54) is 0 Å². The van der Waals surface area contributed by atoms with Crippen molar-refractivity contribution in [1.82, 2.24) is 0 Å². The maximum Gasteiger partial charge on any atom is 0.146 e. The van der Waals surface area contributed by atoms with Crippen molar-refractivity contribution in [1.29, 1.82) is 5.41 Å². The van der Waals surface area contributed by atoms with Gasteiger partial charge >= 0.3 is 0 Å². The molecule has 0 aliphatic rings. The van der Waals surface area contributed by atoms with Crippen molar-refractivity contribution < 1.29 is 4.74 Å². The Hall–Kier alpha value is -0.700. The summed E-state index contributed by atoms with van der Waals surface area (Å²) in [5, 5.41) is 7.14. The Kier molecular flexibility index (Phi) is 5.97. The van der Waals surface area contributed by atoms with E-state index in [1.807, 2.05) is 0 Å². The summed E-state index contributed by atoms with van der Waals surface area (Å²) in [4.78, 5) is 3.84. The fourth-order valence-electron chi connectivity index (χ4n) is 0.478. The van der Waals surface area contributed by atoms with Gasteiger partial charge in [0.2, 0.25) is 0 Å². The number of hydrogen-bond donors (Lipinski definition) is 1. The molecule has 58 valence electrons. The lowest BCUT2D eigenvalue weighted by atomic mass is 10.4. The van der Waals surface area contributed by atoms with E-state index in [4.69, 9.17) is 10.1 Å². The molecule has 0 amide bonds. The quantitative estimate of drug-likeness (QED) is 0.469. The highest BCUT2D eigenvalue weighted by atomic mass is 16.5. The highest BCUT2D eigenvalue weighted by Crippen LogP contribution is 1.82. The molecule has 0 aliphatic heterocycles. The third-order valence-electron chi connectivity index (χ3n) is 0.946. The van der Waals surface area contributed by atoms with Crippen LogP contribution in [-0.2, 0) is 4.74 Å². The van der Waals surface area contributed by atoms with Gasteiger partial charge in [-0.1, -0.05) is 13.3 Å². The average Bonchev–Trinajstić information content (AvgIpc) is 1.89. The predicted molar refractivity (Wildman–Crippen MR) is 43.0 cm³/mol. The van der Waals surface area contributed by atoms with E-state index in [1.54, 1.807) is 13.3 Å². The first kappa shape index (κ1) is 9.30. The largest absolute Gasteiger partial charge is 0.377 e. The molecular weight excluding hydrogens is 128 g/mol. The Morgan fingerprint density at radius 3 is 2.90 bits per heavy atom. The van der Waals surface area contributed by atoms with Crippen molar-refractivity contribution in [2.75, 3.05) is 13.7 Å². The second-order valence-corrected chi connectivity index (χ2v) is 1.98. The van der Waals surface area contributed by atoms with Gasteiger partial charge in [-0.05, 0) is 6.42 Å². The van der Waals surface area contributed by atoms with E-state index in [0.717, 1.165) is 12.8 Å². The Labute approximate surface area is 61.6 Å². The maximum atomic E-state index is 7.14. The molecule has 0 aliphatic carbocycles. The number of rotatable bonds is 4. The summed E-state index contributed by atoms with van der Waals surface area (Å²) in [6.07, 6.45) is 3.76. The molecule has 0 saturated heterocycles. The minimum Gasteiger partial charge on any atom is -0.377 e. The molecule has 0 bridgehead atoms. The Morgan fingerprint density at radius 1 is 1.70 bits per heavy atom. The minimum atomic E-state index is 0.288. The van der Waals surface area contributed by atoms with E-state index >= 15 is 0 Å². The van der Waals surface area contributed by atoms with Gasteiger partial charge in [-0.15, -0.1) is 0 Å². The van der Waals surface area contributed by atoms with Crippen LogP contribution in [0.15, 0.2) is 4.99 Å². The topological polar surface area (TPSA) is 45.4 Å². The zero-order chi connectivity index (χ0) is 7.82. The van der Waals surface area contributed by atoms with Crippen LogP contribution in [0.2, 0.25) is 0 Å². The van der Waals surface area contributed by atoms with Crippen LogP contribution in [0.1, 0.15) is 19.8 Å². The maximum absolute atomic E-state index is 7.14. The number of nitrogens with one attached hydrogen (secondary N) is 1. The molecule has 0 aromatic carbocycles. The molecule has 3 heteroatoms. The molecule has 3 nitrogen and oxygen atoms in total. The van der Waals surface area contributed by atoms with E-state index in [9.17, 15) is 0 Å². The van der Waals surface area contributed by atoms with Crippen molar-refractivity contribution in [3.63, 3.8) is 0 Å². The first-order valence-corrected chi connectivity index (χ1v) is 3.40. The molecule has 0 unspecified atom stereocenters. The van der Waals surface area contributed by atoms with Crippen LogP contribution >= 0.6 is 0 Å². The van der Waals surface area contributed by atoms with Gasteiger partial charge in [0.15, 0.2) is 0 Å². The zero-order valence-electron chi connectivity index (χ0n) is 6.55. The number of ether oxygens (including phenoxy) is 1. The normalized spacial score (nSPS) is 10.6. The molecular formula is C7H14N2O. The van der Waals surface area contributed by atoms with Gasteiger partial charge in [-0.25, -0.2) is 4.99 Å². The van der Waals surface area contributed by atoms with Crippen molar-refractivity contribution in [2.24, 2.45) is 4.99 Å². The van der Waals surface area contributed by atoms with Crippen molar-refractivity contribution in [3.8, 4) is 0 Å². The summed E-state index contributed by atoms with van der Waals surface area (Å²) in [7, 11) is 1.56. The van der Waals surface area contributed by atoms with Gasteiger partial charge in [-0.2, -0.15) is 0 Å². The van der Waals surface area contributed by atoms with Crippen molar-refractivity contribution in [3.05, 3.63) is 0 Å². The number of unbranched alkanes of at least 4 members (excludes halogenated alkanes) is 1. The number of methoxy groups -OCH3 is 1. The first-order chi connectivity index (χ1) is 4.81. The Bertz CT molecular complexity index is 121. The number of hydrogen-bond acceptors (Lipinski definition) is 2. The molecule has 10 heavy (non-hydrogen) atoms. The highest BCUT2D eigenvalue weighted by molar-refractivity contribution is 5.87. The van der Waals surface area contributed by atoms with Gasteiger partial charge in [0.05, 0.1) is 0 Å². The molecule has 0 heterocycles. The summed E-state index contributed by atoms with van der Waals surface area (Å²) in [6, 6.07) is 0. The molecule has 0 saturated carbocycles. The molecule has 0 spiro atoms. The third-order valence-corrected chi connectivity index (χ3v) is 0.946. The van der Waals surface area contributed by atoms with E-state index in [-0.39, 0.29) is 5.84 Å². The summed E-state index contributed by atoms with van der Waals surface area (Å²) in [6.45, 7) is 2.38. The SMILES string of the molecule is CCC/C=N\C(=N)COC. The van der Waals surface area contributed by atoms with Crippen LogP contribution in [0.25, 0.3) is 0 Å². The van der Waals surface area contributed by atoms with Crippen LogP contribution in [0.3, 0.4) is 0 Å². The zero-order valence-corrected chi connectivity index (χ0v) is 6.55. The van der Waals surface area contributed by atoms with Crippen LogP contribution in [0, 0.1) is 5.41 Å². The van der Waals surface area contributed by atoms with Gasteiger partial charge in [0.25, 0.3) is 0 Å². The molecule has 0 rings (SSSR count). The van der Waals surface area contributed by atoms with Gasteiger partial charge < -0.3 is 4.74 Å². The van der Waals surface area contributed by atoms with Crippen LogP contribution < -0.4 is 0 Å². The summed E-state index contributed by atoms with van der Waals surface area (Å²) in [5.74, 6) is 0.288. The first-order valence-electron chi connectivity index (χ1n) is 3.40. The van der Waals surface area contributed by atoms with Gasteiger partial charge in [-0.3, -0.25) is 5.41 Å².